The molecule has 6 rings (SSSR count). The number of carbonyl (C=O) groups excluding carboxylic acids is 6. The Labute approximate surface area is 428 Å². The van der Waals surface area contributed by atoms with E-state index in [9.17, 15) is 28.8 Å². The predicted octanol–water partition coefficient (Wildman–Crippen LogP) is 9.60. The third-order valence-corrected chi connectivity index (χ3v) is 10.6. The van der Waals surface area contributed by atoms with E-state index in [4.69, 9.17) is 42.6 Å². The van der Waals surface area contributed by atoms with Gasteiger partial charge in [-0.3, -0.25) is 0 Å². The molecule has 0 bridgehead atoms. The van der Waals surface area contributed by atoms with Crippen molar-refractivity contribution in [1.82, 2.24) is 0 Å². The van der Waals surface area contributed by atoms with Gasteiger partial charge in [0.25, 0.3) is 0 Å². The van der Waals surface area contributed by atoms with Crippen molar-refractivity contribution in [3.05, 3.63) is 233 Å². The zero-order valence-corrected chi connectivity index (χ0v) is 40.5. The maximum atomic E-state index is 14.1. The van der Waals surface area contributed by atoms with Crippen molar-refractivity contribution in [3.8, 4) is 17.2 Å². The van der Waals surface area contributed by atoms with Crippen LogP contribution in [0.1, 0.15) is 84.4 Å². The van der Waals surface area contributed by atoms with Gasteiger partial charge in [0.05, 0.1) is 73.0 Å². The van der Waals surface area contributed by atoms with Gasteiger partial charge in [0.15, 0.2) is 0 Å². The summed E-state index contributed by atoms with van der Waals surface area (Å²) in [6, 6.07) is 36.6. The maximum absolute atomic E-state index is 14.1. The van der Waals surface area contributed by atoms with Gasteiger partial charge in [0.1, 0.15) is 37.1 Å². The van der Waals surface area contributed by atoms with Crippen molar-refractivity contribution in [2.75, 3.05) is 59.5 Å². The molecule has 0 aromatic heterocycles. The van der Waals surface area contributed by atoms with Gasteiger partial charge in [-0.15, -0.1) is 19.7 Å². The Bertz CT molecular complexity index is 2750. The molecule has 6 aromatic rings. The molecule has 0 unspecified atom stereocenters. The Kier molecular flexibility index (Phi) is 21.3. The van der Waals surface area contributed by atoms with Crippen molar-refractivity contribution in [3.63, 3.8) is 0 Å². The first-order valence-corrected chi connectivity index (χ1v) is 23.4. The van der Waals surface area contributed by atoms with E-state index >= 15 is 0 Å². The molecular weight excluding hydrogens is 949 g/mol. The largest absolute Gasteiger partial charge is 0.460 e. The average Bonchev–Trinajstić information content (AvgIpc) is 3.42. The molecule has 74 heavy (non-hydrogen) atoms. The number of para-hydroxylation sites is 3. The highest BCUT2D eigenvalue weighted by Gasteiger charge is 2.22. The van der Waals surface area contributed by atoms with Gasteiger partial charge in [-0.25, -0.2) is 28.8 Å². The highest BCUT2D eigenvalue weighted by Crippen LogP contribution is 2.34. The van der Waals surface area contributed by atoms with E-state index in [1.165, 1.54) is 72.8 Å². The Morgan fingerprint density at radius 2 is 0.608 bits per heavy atom. The van der Waals surface area contributed by atoms with Gasteiger partial charge in [-0.1, -0.05) is 72.8 Å². The minimum Gasteiger partial charge on any atom is -0.460 e. The summed E-state index contributed by atoms with van der Waals surface area (Å²) < 4.78 is 49.6. The molecule has 380 valence electrons. The van der Waals surface area contributed by atoms with E-state index in [1.807, 2.05) is 0 Å². The molecule has 0 N–H and O–H groups in total. The molecule has 0 radical (unpaired) electrons. The van der Waals surface area contributed by atoms with Gasteiger partial charge in [0, 0.05) is 12.8 Å². The molecule has 0 amide bonds. The van der Waals surface area contributed by atoms with Crippen molar-refractivity contribution in [1.29, 1.82) is 0 Å². The summed E-state index contributed by atoms with van der Waals surface area (Å²) >= 11 is 0. The Balaban J connectivity index is 1.23. The number of rotatable bonds is 28. The third-order valence-electron chi connectivity index (χ3n) is 10.6. The second kappa shape index (κ2) is 28.9. The van der Waals surface area contributed by atoms with Crippen molar-refractivity contribution < 1.29 is 71.4 Å². The van der Waals surface area contributed by atoms with Crippen LogP contribution in [0.4, 0.5) is 0 Å². The fourth-order valence-electron chi connectivity index (χ4n) is 6.98. The third kappa shape index (κ3) is 16.4. The first-order valence-electron chi connectivity index (χ1n) is 23.4. The predicted molar refractivity (Wildman–Crippen MR) is 273 cm³/mol. The van der Waals surface area contributed by atoms with E-state index in [-0.39, 0.29) is 103 Å². The van der Waals surface area contributed by atoms with E-state index in [2.05, 4.69) is 19.7 Å². The fraction of sp³-hybridized carbons (Fsp3) is 0.186. The van der Waals surface area contributed by atoms with Gasteiger partial charge in [-0.05, 0) is 107 Å². The second-order valence-corrected chi connectivity index (χ2v) is 15.9. The maximum Gasteiger partial charge on any atom is 0.343 e. The van der Waals surface area contributed by atoms with Gasteiger partial charge < -0.3 is 42.6 Å². The van der Waals surface area contributed by atoms with E-state index in [1.54, 1.807) is 85.0 Å². The minimum atomic E-state index is -0.738. The highest BCUT2D eigenvalue weighted by molar-refractivity contribution is 5.96. The van der Waals surface area contributed by atoms with E-state index in [0.29, 0.717) is 42.1 Å². The lowest BCUT2D eigenvalue weighted by molar-refractivity contribution is 0.0347. The van der Waals surface area contributed by atoms with Crippen LogP contribution < -0.4 is 14.2 Å². The number of benzene rings is 6. The topological polar surface area (TPSA) is 185 Å². The van der Waals surface area contributed by atoms with Crippen LogP contribution in [0.5, 0.6) is 17.2 Å². The minimum absolute atomic E-state index is 0.0270. The summed E-state index contributed by atoms with van der Waals surface area (Å²) in [5, 5.41) is 0. The van der Waals surface area contributed by atoms with Crippen LogP contribution in [0.15, 0.2) is 177 Å². The smallest absolute Gasteiger partial charge is 0.343 e. The zero-order valence-electron chi connectivity index (χ0n) is 40.5. The number of ether oxygens (including phenoxy) is 9. The normalized spacial score (nSPS) is 10.6. The molecule has 0 heterocycles. The lowest BCUT2D eigenvalue weighted by Crippen LogP contribution is -2.14. The van der Waals surface area contributed by atoms with Crippen molar-refractivity contribution >= 4 is 35.8 Å². The second-order valence-electron chi connectivity index (χ2n) is 15.9. The highest BCUT2D eigenvalue weighted by atomic mass is 16.6. The summed E-state index contributed by atoms with van der Waals surface area (Å²) in [5.41, 5.74) is 3.38. The molecule has 0 aliphatic heterocycles. The average molecular weight is 1000 g/mol. The lowest BCUT2D eigenvalue weighted by atomic mass is 9.96. The Morgan fingerprint density at radius 3 is 0.932 bits per heavy atom. The summed E-state index contributed by atoms with van der Waals surface area (Å²) in [6.07, 6.45) is 5.00. The first kappa shape index (κ1) is 54.6. The Hall–Kier alpha value is -8.76. The zero-order chi connectivity index (χ0) is 52.5. The first-order chi connectivity index (χ1) is 36.1. The summed E-state index contributed by atoms with van der Waals surface area (Å²) in [4.78, 5) is 78.9. The number of hydrogen-bond donors (Lipinski definition) is 0. The molecule has 0 saturated carbocycles. The molecule has 0 atom stereocenters. The number of esters is 6. The van der Waals surface area contributed by atoms with Crippen LogP contribution in [0, 0.1) is 0 Å². The number of hydrogen-bond acceptors (Lipinski definition) is 15. The van der Waals surface area contributed by atoms with Crippen molar-refractivity contribution in [2.45, 2.75) is 12.8 Å². The molecule has 0 aliphatic rings. The van der Waals surface area contributed by atoms with Crippen LogP contribution in [-0.4, -0.2) is 95.3 Å². The standard InChI is InChI=1S/C59H54O15/c1-4-30-66-33-36-69-54(60)41-18-24-44(25-19-41)57(63)72-51-16-9-7-12-47(51)39-49-14-11-15-50(53(49)74-59(65)46-28-22-43(23-29-46)56(62)71-38-35-68-32-6-3)40-48-13-8-10-17-52(48)73-58(64)45-26-20-42(21-27-45)55(61)70-37-34-67-31-5-2/h4-29H,1-3,30-40H2. The molecule has 0 aliphatic carbocycles. The molecule has 15 heteroatoms. The van der Waals surface area contributed by atoms with E-state index in [0.717, 1.165) is 0 Å². The van der Waals surface area contributed by atoms with Crippen LogP contribution >= 0.6 is 0 Å². The summed E-state index contributed by atoms with van der Waals surface area (Å²) in [5.74, 6) is -3.22. The quantitative estimate of drug-likeness (QED) is 0.0149. The van der Waals surface area contributed by atoms with Crippen LogP contribution in [0.3, 0.4) is 0 Å². The fourth-order valence-corrected chi connectivity index (χ4v) is 6.98. The van der Waals surface area contributed by atoms with E-state index < -0.39 is 35.8 Å². The van der Waals surface area contributed by atoms with Crippen LogP contribution in [-0.2, 0) is 41.3 Å². The van der Waals surface area contributed by atoms with Gasteiger partial charge >= 0.3 is 35.8 Å². The Morgan fingerprint density at radius 1 is 0.324 bits per heavy atom. The molecule has 6 aromatic carbocycles. The van der Waals surface area contributed by atoms with Crippen LogP contribution in [0.2, 0.25) is 0 Å². The molecule has 15 nitrogen and oxygen atoms in total. The monoisotopic (exact) mass is 1000 g/mol. The van der Waals surface area contributed by atoms with Crippen molar-refractivity contribution in [2.24, 2.45) is 0 Å². The molecule has 0 fully saturated rings. The van der Waals surface area contributed by atoms with Crippen LogP contribution in [0.25, 0.3) is 0 Å². The van der Waals surface area contributed by atoms with Gasteiger partial charge in [0.2, 0.25) is 0 Å². The SMILES string of the molecule is C=CCOCCOC(=O)c1ccc(C(=O)Oc2ccccc2Cc2cccc(Cc3ccccc3OC(=O)c3ccc(C(=O)OCCOCC=C)cc3)c2OC(=O)c2ccc(C(=O)OCCOCC=C)cc2)cc1. The lowest BCUT2D eigenvalue weighted by Gasteiger charge is -2.18. The summed E-state index contributed by atoms with van der Waals surface area (Å²) in [6.45, 7) is 12.4. The molecular formula is C59H54O15. The number of carbonyl (C=O) groups is 6. The molecule has 0 saturated heterocycles. The molecule has 0 spiro atoms. The van der Waals surface area contributed by atoms with Gasteiger partial charge in [-0.2, -0.15) is 0 Å². The summed E-state index contributed by atoms with van der Waals surface area (Å²) in [7, 11) is 0.